The molecule has 1 N–H and O–H groups in total. The lowest BCUT2D eigenvalue weighted by atomic mass is 10.3. The predicted molar refractivity (Wildman–Crippen MR) is 84.1 cm³/mol. The maximum atomic E-state index is 13.8. The lowest BCUT2D eigenvalue weighted by Crippen LogP contribution is -2.07. The monoisotopic (exact) mass is 303 g/mol. The zero-order chi connectivity index (χ0) is 14.8. The van der Waals surface area contributed by atoms with E-state index in [1.807, 2.05) is 41.8 Å². The molecule has 1 aromatic heterocycles. The molecule has 21 heavy (non-hydrogen) atoms. The van der Waals surface area contributed by atoms with Gasteiger partial charge in [-0.25, -0.2) is 9.37 Å². The van der Waals surface area contributed by atoms with Crippen molar-refractivity contribution in [2.75, 3.05) is 5.32 Å². The van der Waals surface area contributed by atoms with Crippen molar-refractivity contribution in [2.45, 2.75) is 20.0 Å². The number of hydrogen-bond acceptors (Lipinski definition) is 2. The van der Waals surface area contributed by atoms with Crippen LogP contribution in [0.3, 0.4) is 0 Å². The zero-order valence-corrected chi connectivity index (χ0v) is 12.4. The van der Waals surface area contributed by atoms with Crippen molar-refractivity contribution in [3.63, 3.8) is 0 Å². The van der Waals surface area contributed by atoms with Gasteiger partial charge in [0.1, 0.15) is 11.3 Å². The molecule has 5 heteroatoms. The lowest BCUT2D eigenvalue weighted by Gasteiger charge is -2.08. The van der Waals surface area contributed by atoms with Crippen LogP contribution in [0.2, 0.25) is 5.02 Å². The van der Waals surface area contributed by atoms with Crippen LogP contribution in [0.1, 0.15) is 12.7 Å². The van der Waals surface area contributed by atoms with Crippen molar-refractivity contribution in [1.29, 1.82) is 0 Å². The minimum atomic E-state index is -0.288. The van der Waals surface area contributed by atoms with Crippen LogP contribution in [0.25, 0.3) is 11.0 Å². The van der Waals surface area contributed by atoms with E-state index in [-0.39, 0.29) is 5.82 Å². The number of fused-ring (bicyclic) bond motifs is 1. The number of aromatic nitrogens is 2. The first-order valence-electron chi connectivity index (χ1n) is 6.82. The maximum Gasteiger partial charge on any atom is 0.151 e. The number of nitrogens with zero attached hydrogens (tertiary/aromatic N) is 2. The molecule has 3 aromatic rings. The van der Waals surface area contributed by atoms with Gasteiger partial charge in [0.05, 0.1) is 12.1 Å². The van der Waals surface area contributed by atoms with Gasteiger partial charge in [-0.2, -0.15) is 0 Å². The second-order valence-corrected chi connectivity index (χ2v) is 5.18. The van der Waals surface area contributed by atoms with Gasteiger partial charge in [0.15, 0.2) is 5.82 Å². The molecule has 0 aliphatic rings. The molecule has 3 nitrogen and oxygen atoms in total. The van der Waals surface area contributed by atoms with Crippen LogP contribution in [0.5, 0.6) is 0 Å². The first kappa shape index (κ1) is 13.9. The van der Waals surface area contributed by atoms with E-state index in [0.29, 0.717) is 17.1 Å². The molecule has 0 aliphatic carbocycles. The van der Waals surface area contributed by atoms with E-state index in [1.54, 1.807) is 6.07 Å². The Balaban J connectivity index is 1.91. The second-order valence-electron chi connectivity index (χ2n) is 4.74. The third kappa shape index (κ3) is 2.72. The van der Waals surface area contributed by atoms with Crippen molar-refractivity contribution >= 4 is 28.3 Å². The molecule has 108 valence electrons. The average Bonchev–Trinajstić information content (AvgIpc) is 2.84. The summed E-state index contributed by atoms with van der Waals surface area (Å²) in [6, 6.07) is 12.5. The molecule has 0 saturated carbocycles. The number of benzene rings is 2. The average molecular weight is 304 g/mol. The van der Waals surface area contributed by atoms with Gasteiger partial charge in [-0.05, 0) is 37.3 Å². The predicted octanol–water partition coefficient (Wildman–Crippen LogP) is 4.46. The Kier molecular flexibility index (Phi) is 3.80. The van der Waals surface area contributed by atoms with Gasteiger partial charge >= 0.3 is 0 Å². The van der Waals surface area contributed by atoms with Crippen molar-refractivity contribution < 1.29 is 4.39 Å². The Bertz CT molecular complexity index is 782. The summed E-state index contributed by atoms with van der Waals surface area (Å²) in [5.41, 5.74) is 2.15. The number of aryl methyl sites for hydroxylation is 1. The van der Waals surface area contributed by atoms with Crippen LogP contribution >= 0.6 is 11.6 Å². The number of anilines is 1. The summed E-state index contributed by atoms with van der Waals surface area (Å²) >= 11 is 5.96. The molecular weight excluding hydrogens is 289 g/mol. The third-order valence-electron chi connectivity index (χ3n) is 3.40. The highest BCUT2D eigenvalue weighted by Crippen LogP contribution is 2.21. The standard InChI is InChI=1S/C16H15ClFN3/c1-2-21-14-8-4-7-13(18)16(14)20-15(21)10-19-12-6-3-5-11(17)9-12/h3-9,19H,2,10H2,1H3. The molecule has 3 rings (SSSR count). The molecular formula is C16H15ClFN3. The maximum absolute atomic E-state index is 13.8. The summed E-state index contributed by atoms with van der Waals surface area (Å²) in [6.07, 6.45) is 0. The minimum Gasteiger partial charge on any atom is -0.378 e. The second kappa shape index (κ2) is 5.74. The molecule has 0 unspecified atom stereocenters. The Labute approximate surface area is 127 Å². The van der Waals surface area contributed by atoms with Crippen molar-refractivity contribution in [1.82, 2.24) is 9.55 Å². The number of halogens is 2. The molecule has 0 atom stereocenters. The summed E-state index contributed by atoms with van der Waals surface area (Å²) in [7, 11) is 0. The Morgan fingerprint density at radius 2 is 2.05 bits per heavy atom. The fourth-order valence-electron chi connectivity index (χ4n) is 2.43. The highest BCUT2D eigenvalue weighted by molar-refractivity contribution is 6.30. The molecule has 2 aromatic carbocycles. The molecule has 0 radical (unpaired) electrons. The van der Waals surface area contributed by atoms with Gasteiger partial charge in [0.25, 0.3) is 0 Å². The SMILES string of the molecule is CCn1c(CNc2cccc(Cl)c2)nc2c(F)cccc21. The summed E-state index contributed by atoms with van der Waals surface area (Å²) in [5.74, 6) is 0.515. The van der Waals surface area contributed by atoms with Gasteiger partial charge in [0, 0.05) is 17.3 Å². The highest BCUT2D eigenvalue weighted by Gasteiger charge is 2.12. The van der Waals surface area contributed by atoms with E-state index < -0.39 is 0 Å². The quantitative estimate of drug-likeness (QED) is 0.771. The molecule has 0 spiro atoms. The minimum absolute atomic E-state index is 0.288. The summed E-state index contributed by atoms with van der Waals surface area (Å²) < 4.78 is 15.8. The fourth-order valence-corrected chi connectivity index (χ4v) is 2.62. The van der Waals surface area contributed by atoms with Gasteiger partial charge in [-0.3, -0.25) is 0 Å². The summed E-state index contributed by atoms with van der Waals surface area (Å²) in [5, 5.41) is 3.94. The van der Waals surface area contributed by atoms with Crippen LogP contribution in [0.4, 0.5) is 10.1 Å². The fraction of sp³-hybridized carbons (Fsp3) is 0.188. The molecule has 1 heterocycles. The number of rotatable bonds is 4. The number of para-hydroxylation sites is 1. The molecule has 0 bridgehead atoms. The zero-order valence-electron chi connectivity index (χ0n) is 11.6. The van der Waals surface area contributed by atoms with E-state index in [4.69, 9.17) is 11.6 Å². The molecule has 0 fully saturated rings. The highest BCUT2D eigenvalue weighted by atomic mass is 35.5. The third-order valence-corrected chi connectivity index (χ3v) is 3.64. The normalized spacial score (nSPS) is 11.0. The van der Waals surface area contributed by atoms with Crippen LogP contribution in [0.15, 0.2) is 42.5 Å². The van der Waals surface area contributed by atoms with E-state index >= 15 is 0 Å². The largest absolute Gasteiger partial charge is 0.378 e. The number of nitrogens with one attached hydrogen (secondary N) is 1. The van der Waals surface area contributed by atoms with Gasteiger partial charge in [0.2, 0.25) is 0 Å². The number of imidazole rings is 1. The van der Waals surface area contributed by atoms with Crippen LogP contribution in [-0.4, -0.2) is 9.55 Å². The van der Waals surface area contributed by atoms with Crippen molar-refractivity contribution in [3.05, 3.63) is 59.1 Å². The van der Waals surface area contributed by atoms with Gasteiger partial charge < -0.3 is 9.88 Å². The summed E-state index contributed by atoms with van der Waals surface area (Å²) in [4.78, 5) is 4.41. The van der Waals surface area contributed by atoms with Crippen molar-refractivity contribution in [3.8, 4) is 0 Å². The Morgan fingerprint density at radius 1 is 1.24 bits per heavy atom. The van der Waals surface area contributed by atoms with E-state index in [9.17, 15) is 4.39 Å². The van der Waals surface area contributed by atoms with Crippen LogP contribution < -0.4 is 5.32 Å². The van der Waals surface area contributed by atoms with Gasteiger partial charge in [-0.15, -0.1) is 0 Å². The van der Waals surface area contributed by atoms with E-state index in [2.05, 4.69) is 10.3 Å². The van der Waals surface area contributed by atoms with Crippen LogP contribution in [0, 0.1) is 5.82 Å². The summed E-state index contributed by atoms with van der Waals surface area (Å²) in [6.45, 7) is 3.28. The molecule has 0 saturated heterocycles. The van der Waals surface area contributed by atoms with Crippen LogP contribution in [-0.2, 0) is 13.1 Å². The Hall–Kier alpha value is -2.07. The number of hydrogen-bond donors (Lipinski definition) is 1. The van der Waals surface area contributed by atoms with Gasteiger partial charge in [-0.1, -0.05) is 23.7 Å². The molecule has 0 aliphatic heterocycles. The smallest absolute Gasteiger partial charge is 0.151 e. The first-order valence-corrected chi connectivity index (χ1v) is 7.20. The Morgan fingerprint density at radius 3 is 2.81 bits per heavy atom. The lowest BCUT2D eigenvalue weighted by molar-refractivity contribution is 0.637. The molecule has 0 amide bonds. The first-order chi connectivity index (χ1) is 10.2. The topological polar surface area (TPSA) is 29.9 Å². The van der Waals surface area contributed by atoms with E-state index in [1.165, 1.54) is 6.07 Å². The van der Waals surface area contributed by atoms with E-state index in [0.717, 1.165) is 23.6 Å². The van der Waals surface area contributed by atoms with Crippen molar-refractivity contribution in [2.24, 2.45) is 0 Å².